The molecule has 1 amide bonds. The highest BCUT2D eigenvalue weighted by Crippen LogP contribution is 2.32. The molecule has 1 saturated heterocycles. The number of carbonyl (C=O) groups excluding carboxylic acids is 1. The smallest absolute Gasteiger partial charge is 0.239 e. The molecule has 0 radical (unpaired) electrons. The van der Waals surface area contributed by atoms with Gasteiger partial charge in [-0.05, 0) is 38.3 Å². The molecule has 4 nitrogen and oxygen atoms in total. The lowest BCUT2D eigenvalue weighted by Gasteiger charge is -2.35. The molecule has 1 aromatic heterocycles. The molecule has 1 aliphatic rings. The number of furan rings is 1. The fraction of sp³-hybridized carbons (Fsp3) is 0.643. The third kappa shape index (κ3) is 3.51. The number of likely N-dealkylation sites (tertiary alicyclic amines) is 1. The molecule has 1 fully saturated rings. The largest absolute Gasteiger partial charge is 0.464 e. The number of hydrogen-bond donors (Lipinski definition) is 1. The van der Waals surface area contributed by atoms with E-state index in [-0.39, 0.29) is 24.4 Å². The average molecular weight is 287 g/mol. The monoisotopic (exact) mass is 286 g/mol. The van der Waals surface area contributed by atoms with E-state index in [1.165, 1.54) is 0 Å². The van der Waals surface area contributed by atoms with Crippen LogP contribution in [0.1, 0.15) is 50.7 Å². The molecule has 2 rings (SSSR count). The van der Waals surface area contributed by atoms with Gasteiger partial charge in [-0.15, -0.1) is 12.4 Å². The fourth-order valence-electron chi connectivity index (χ4n) is 2.52. The zero-order chi connectivity index (χ0) is 13.1. The Hall–Kier alpha value is -1.00. The van der Waals surface area contributed by atoms with Crippen LogP contribution in [0.25, 0.3) is 0 Å². The van der Waals surface area contributed by atoms with Crippen LogP contribution in [0.2, 0.25) is 0 Å². The first-order valence-electron chi connectivity index (χ1n) is 6.78. The maximum atomic E-state index is 12.1. The van der Waals surface area contributed by atoms with Crippen LogP contribution in [-0.2, 0) is 11.2 Å². The summed E-state index contributed by atoms with van der Waals surface area (Å²) in [5.41, 5.74) is 5.72. The Morgan fingerprint density at radius 3 is 2.84 bits per heavy atom. The molecule has 1 aromatic rings. The molecule has 0 aliphatic carbocycles. The van der Waals surface area contributed by atoms with Crippen LogP contribution in [0.15, 0.2) is 16.5 Å². The predicted molar refractivity (Wildman–Crippen MR) is 77.3 cm³/mol. The Kier molecular flexibility index (Phi) is 5.88. The van der Waals surface area contributed by atoms with Crippen LogP contribution in [-0.4, -0.2) is 23.4 Å². The van der Waals surface area contributed by atoms with E-state index in [0.29, 0.717) is 0 Å². The van der Waals surface area contributed by atoms with E-state index in [2.05, 4.69) is 6.92 Å². The van der Waals surface area contributed by atoms with Crippen molar-refractivity contribution in [2.45, 2.75) is 51.6 Å². The fourth-order valence-corrected chi connectivity index (χ4v) is 2.52. The molecule has 1 aliphatic heterocycles. The minimum atomic E-state index is -0.439. The van der Waals surface area contributed by atoms with Crippen molar-refractivity contribution in [2.75, 3.05) is 6.54 Å². The van der Waals surface area contributed by atoms with Gasteiger partial charge in [-0.2, -0.15) is 0 Å². The SMILES string of the molecule is CCc1ccc(C2CCCCN2C(=O)C(C)N)o1.Cl. The maximum Gasteiger partial charge on any atom is 0.239 e. The molecule has 0 bridgehead atoms. The van der Waals surface area contributed by atoms with E-state index in [0.717, 1.165) is 43.7 Å². The van der Waals surface area contributed by atoms with E-state index in [9.17, 15) is 4.79 Å². The minimum Gasteiger partial charge on any atom is -0.464 e. The number of rotatable bonds is 3. The van der Waals surface area contributed by atoms with Gasteiger partial charge in [0.25, 0.3) is 0 Å². The van der Waals surface area contributed by atoms with Gasteiger partial charge in [-0.1, -0.05) is 6.92 Å². The van der Waals surface area contributed by atoms with Crippen molar-refractivity contribution in [3.05, 3.63) is 23.7 Å². The summed E-state index contributed by atoms with van der Waals surface area (Å²) in [7, 11) is 0. The summed E-state index contributed by atoms with van der Waals surface area (Å²) in [5.74, 6) is 1.90. The molecule has 0 aromatic carbocycles. The summed E-state index contributed by atoms with van der Waals surface area (Å²) >= 11 is 0. The number of carbonyl (C=O) groups is 1. The van der Waals surface area contributed by atoms with Gasteiger partial charge in [0.15, 0.2) is 0 Å². The number of hydrogen-bond acceptors (Lipinski definition) is 3. The average Bonchev–Trinajstić information content (AvgIpc) is 2.86. The lowest BCUT2D eigenvalue weighted by molar-refractivity contribution is -0.136. The van der Waals surface area contributed by atoms with Crippen molar-refractivity contribution in [2.24, 2.45) is 5.73 Å². The molecule has 2 atom stereocenters. The number of halogens is 1. The first-order chi connectivity index (χ1) is 8.63. The van der Waals surface area contributed by atoms with Crippen molar-refractivity contribution in [3.8, 4) is 0 Å². The first kappa shape index (κ1) is 16.1. The van der Waals surface area contributed by atoms with Crippen molar-refractivity contribution < 1.29 is 9.21 Å². The standard InChI is InChI=1S/C14H22N2O2.ClH/c1-3-11-7-8-13(18-11)12-6-4-5-9-16(12)14(17)10(2)15;/h7-8,10,12H,3-6,9,15H2,1-2H3;1H. The van der Waals surface area contributed by atoms with E-state index in [1.807, 2.05) is 17.0 Å². The van der Waals surface area contributed by atoms with Gasteiger partial charge >= 0.3 is 0 Å². The van der Waals surface area contributed by atoms with Gasteiger partial charge in [0, 0.05) is 13.0 Å². The number of amides is 1. The normalized spacial score (nSPS) is 20.8. The second-order valence-electron chi connectivity index (χ2n) is 4.99. The van der Waals surface area contributed by atoms with Crippen LogP contribution in [0.3, 0.4) is 0 Å². The number of nitrogens with two attached hydrogens (primary N) is 1. The first-order valence-corrected chi connectivity index (χ1v) is 6.78. The third-order valence-corrected chi connectivity index (χ3v) is 3.53. The molecule has 0 saturated carbocycles. The Balaban J connectivity index is 0.00000180. The summed E-state index contributed by atoms with van der Waals surface area (Å²) in [6, 6.07) is 3.62. The predicted octanol–water partition coefficient (Wildman–Crippen LogP) is 2.66. The van der Waals surface area contributed by atoms with Crippen LogP contribution in [0.4, 0.5) is 0 Å². The molecule has 19 heavy (non-hydrogen) atoms. The van der Waals surface area contributed by atoms with Crippen LogP contribution in [0.5, 0.6) is 0 Å². The molecule has 2 heterocycles. The molecule has 2 unspecified atom stereocenters. The van der Waals surface area contributed by atoms with Gasteiger partial charge in [0.05, 0.1) is 12.1 Å². The second kappa shape index (κ2) is 6.96. The highest BCUT2D eigenvalue weighted by Gasteiger charge is 2.31. The molecule has 108 valence electrons. The summed E-state index contributed by atoms with van der Waals surface area (Å²) in [6.45, 7) is 4.59. The van der Waals surface area contributed by atoms with Gasteiger partial charge in [-0.3, -0.25) is 4.79 Å². The third-order valence-electron chi connectivity index (χ3n) is 3.53. The highest BCUT2D eigenvalue weighted by molar-refractivity contribution is 5.85. The Bertz CT molecular complexity index is 417. The molecular formula is C14H23ClN2O2. The lowest BCUT2D eigenvalue weighted by atomic mass is 9.99. The van der Waals surface area contributed by atoms with Crippen molar-refractivity contribution >= 4 is 18.3 Å². The van der Waals surface area contributed by atoms with Gasteiger partial charge < -0.3 is 15.1 Å². The molecule has 2 N–H and O–H groups in total. The second-order valence-corrected chi connectivity index (χ2v) is 4.99. The van der Waals surface area contributed by atoms with Crippen molar-refractivity contribution in [1.29, 1.82) is 0 Å². The summed E-state index contributed by atoms with van der Waals surface area (Å²) in [6.07, 6.45) is 4.04. The van der Waals surface area contributed by atoms with Crippen LogP contribution >= 0.6 is 12.4 Å². The molecule has 5 heteroatoms. The number of aryl methyl sites for hydroxylation is 1. The zero-order valence-electron chi connectivity index (χ0n) is 11.6. The van der Waals surface area contributed by atoms with E-state index < -0.39 is 6.04 Å². The minimum absolute atomic E-state index is 0. The van der Waals surface area contributed by atoms with Crippen molar-refractivity contribution in [1.82, 2.24) is 4.90 Å². The van der Waals surface area contributed by atoms with Gasteiger partial charge in [-0.25, -0.2) is 0 Å². The summed E-state index contributed by atoms with van der Waals surface area (Å²) < 4.78 is 5.80. The highest BCUT2D eigenvalue weighted by atomic mass is 35.5. The maximum absolute atomic E-state index is 12.1. The lowest BCUT2D eigenvalue weighted by Crippen LogP contribution is -2.46. The number of nitrogens with zero attached hydrogens (tertiary/aromatic N) is 1. The quantitative estimate of drug-likeness (QED) is 0.929. The molecule has 0 spiro atoms. The van der Waals surface area contributed by atoms with E-state index in [4.69, 9.17) is 10.2 Å². The van der Waals surface area contributed by atoms with Gasteiger partial charge in [0.2, 0.25) is 5.91 Å². The Morgan fingerprint density at radius 1 is 1.53 bits per heavy atom. The van der Waals surface area contributed by atoms with Crippen LogP contribution < -0.4 is 5.73 Å². The van der Waals surface area contributed by atoms with Gasteiger partial charge in [0.1, 0.15) is 11.5 Å². The summed E-state index contributed by atoms with van der Waals surface area (Å²) in [4.78, 5) is 14.0. The molecular weight excluding hydrogens is 264 g/mol. The van der Waals surface area contributed by atoms with E-state index >= 15 is 0 Å². The zero-order valence-corrected chi connectivity index (χ0v) is 12.4. The van der Waals surface area contributed by atoms with Crippen molar-refractivity contribution in [3.63, 3.8) is 0 Å². The van der Waals surface area contributed by atoms with E-state index in [1.54, 1.807) is 6.92 Å². The topological polar surface area (TPSA) is 59.5 Å². The summed E-state index contributed by atoms with van der Waals surface area (Å²) in [5, 5.41) is 0. The van der Waals surface area contributed by atoms with Crippen LogP contribution in [0, 0.1) is 0 Å². The number of piperidine rings is 1. The Labute approximate surface area is 120 Å². The Morgan fingerprint density at radius 2 is 2.26 bits per heavy atom.